The molecular weight excluding hydrogens is 499 g/mol. The van der Waals surface area contributed by atoms with E-state index in [2.05, 4.69) is 4.98 Å². The number of alkyl halides is 3. The molecule has 0 radical (unpaired) electrons. The first-order chi connectivity index (χ1) is 17.5. The summed E-state index contributed by atoms with van der Waals surface area (Å²) in [7, 11) is 0. The molecule has 3 aromatic rings. The number of halogens is 5. The molecule has 1 aromatic carbocycles. The SMILES string of the molecule is Cc1cn(-c2ccc3n(c2=O)CCN([C@@H](C)[C@@H]2CC[C@H](c4ccc(C(F)(F)F)c(F)c4F)O2)C3=O)cn1. The van der Waals surface area contributed by atoms with Crippen molar-refractivity contribution in [2.75, 3.05) is 6.54 Å². The lowest BCUT2D eigenvalue weighted by Crippen LogP contribution is -2.52. The Bertz CT molecular complexity index is 1430. The highest BCUT2D eigenvalue weighted by atomic mass is 19.4. The molecule has 1 saturated heterocycles. The minimum atomic E-state index is -5.01. The number of pyridine rings is 1. The number of imidazole rings is 1. The molecule has 2 aliphatic rings. The second-order valence-electron chi connectivity index (χ2n) is 9.29. The summed E-state index contributed by atoms with van der Waals surface area (Å²) in [5.74, 6) is -3.91. The van der Waals surface area contributed by atoms with Crippen molar-refractivity contribution >= 4 is 5.91 Å². The number of fused-ring (bicyclic) bond motifs is 1. The molecule has 0 saturated carbocycles. The van der Waals surface area contributed by atoms with E-state index in [9.17, 15) is 31.5 Å². The quantitative estimate of drug-likeness (QED) is 0.477. The van der Waals surface area contributed by atoms with Gasteiger partial charge in [-0.2, -0.15) is 13.2 Å². The van der Waals surface area contributed by atoms with Gasteiger partial charge in [-0.05, 0) is 44.9 Å². The van der Waals surface area contributed by atoms with Crippen molar-refractivity contribution in [2.24, 2.45) is 0 Å². The number of carbonyl (C=O) groups excluding carboxylic acids is 1. The van der Waals surface area contributed by atoms with Gasteiger partial charge in [0.05, 0.1) is 35.8 Å². The van der Waals surface area contributed by atoms with Gasteiger partial charge in [0.1, 0.15) is 11.4 Å². The first-order valence-electron chi connectivity index (χ1n) is 11.7. The second kappa shape index (κ2) is 9.09. The van der Waals surface area contributed by atoms with Gasteiger partial charge in [0.15, 0.2) is 11.6 Å². The van der Waals surface area contributed by atoms with Gasteiger partial charge in [-0.1, -0.05) is 6.07 Å². The van der Waals surface area contributed by atoms with Crippen LogP contribution in [0.5, 0.6) is 0 Å². The van der Waals surface area contributed by atoms with Crippen molar-refractivity contribution < 1.29 is 31.5 Å². The number of aryl methyl sites for hydroxylation is 1. The number of ether oxygens (including phenoxy) is 1. The Kier molecular flexibility index (Phi) is 6.17. The summed E-state index contributed by atoms with van der Waals surface area (Å²) in [6.45, 7) is 4.03. The van der Waals surface area contributed by atoms with Gasteiger partial charge >= 0.3 is 6.18 Å². The van der Waals surface area contributed by atoms with Gasteiger partial charge in [0.2, 0.25) is 0 Å². The minimum Gasteiger partial charge on any atom is -0.368 e. The summed E-state index contributed by atoms with van der Waals surface area (Å²) in [6, 6.07) is 4.07. The molecule has 37 heavy (non-hydrogen) atoms. The highest BCUT2D eigenvalue weighted by molar-refractivity contribution is 5.93. The average molecular weight is 522 g/mol. The van der Waals surface area contributed by atoms with Crippen LogP contribution in [0.3, 0.4) is 0 Å². The Morgan fingerprint density at radius 3 is 2.49 bits per heavy atom. The molecule has 2 aliphatic heterocycles. The van der Waals surface area contributed by atoms with E-state index in [0.717, 1.165) is 11.8 Å². The van der Waals surface area contributed by atoms with Crippen LogP contribution in [0.4, 0.5) is 22.0 Å². The maximum atomic E-state index is 14.5. The number of benzene rings is 1. The third-order valence-electron chi connectivity index (χ3n) is 7.04. The van der Waals surface area contributed by atoms with E-state index in [1.54, 1.807) is 41.6 Å². The lowest BCUT2D eigenvalue weighted by molar-refractivity contribution is -0.140. The molecule has 0 unspecified atom stereocenters. The predicted molar refractivity (Wildman–Crippen MR) is 121 cm³/mol. The molecule has 3 atom stereocenters. The van der Waals surface area contributed by atoms with E-state index in [1.807, 2.05) is 0 Å². The predicted octanol–water partition coefficient (Wildman–Crippen LogP) is 4.40. The summed E-state index contributed by atoms with van der Waals surface area (Å²) in [5.41, 5.74) is -0.958. The van der Waals surface area contributed by atoms with Crippen molar-refractivity contribution in [3.8, 4) is 5.69 Å². The molecule has 1 amide bonds. The lowest BCUT2D eigenvalue weighted by atomic mass is 10.0. The minimum absolute atomic E-state index is 0.217. The molecule has 0 bridgehead atoms. The Hall–Kier alpha value is -3.54. The summed E-state index contributed by atoms with van der Waals surface area (Å²) in [5, 5.41) is 0. The van der Waals surface area contributed by atoms with Crippen LogP contribution in [-0.4, -0.2) is 43.6 Å². The first kappa shape index (κ1) is 25.1. The number of rotatable bonds is 4. The zero-order valence-electron chi connectivity index (χ0n) is 19.9. The molecule has 1 fully saturated rings. The Morgan fingerprint density at radius 2 is 1.81 bits per heavy atom. The van der Waals surface area contributed by atoms with E-state index in [0.29, 0.717) is 18.2 Å². The van der Waals surface area contributed by atoms with Crippen LogP contribution in [0.25, 0.3) is 5.69 Å². The molecule has 196 valence electrons. The van der Waals surface area contributed by atoms with Gasteiger partial charge in [0, 0.05) is 24.8 Å². The van der Waals surface area contributed by atoms with Gasteiger partial charge in [-0.25, -0.2) is 13.8 Å². The normalized spacial score (nSPS) is 20.8. The summed E-state index contributed by atoms with van der Waals surface area (Å²) in [6.07, 6.45) is -2.63. The van der Waals surface area contributed by atoms with E-state index in [1.165, 1.54) is 10.9 Å². The average Bonchev–Trinajstić information content (AvgIpc) is 3.50. The molecule has 0 spiro atoms. The highest BCUT2D eigenvalue weighted by Crippen LogP contribution is 2.40. The molecule has 0 N–H and O–H groups in total. The zero-order chi connectivity index (χ0) is 26.6. The smallest absolute Gasteiger partial charge is 0.368 e. The lowest BCUT2D eigenvalue weighted by Gasteiger charge is -2.37. The van der Waals surface area contributed by atoms with Crippen molar-refractivity contribution in [3.63, 3.8) is 0 Å². The van der Waals surface area contributed by atoms with Gasteiger partial charge in [-0.15, -0.1) is 0 Å². The van der Waals surface area contributed by atoms with Crippen molar-refractivity contribution in [1.29, 1.82) is 0 Å². The van der Waals surface area contributed by atoms with Crippen LogP contribution in [0.1, 0.15) is 53.2 Å². The Labute approximate surface area is 208 Å². The monoisotopic (exact) mass is 522 g/mol. The number of aromatic nitrogens is 3. The third kappa shape index (κ3) is 4.32. The van der Waals surface area contributed by atoms with E-state index >= 15 is 0 Å². The van der Waals surface area contributed by atoms with Crippen LogP contribution in [0.15, 0.2) is 41.6 Å². The zero-order valence-corrected chi connectivity index (χ0v) is 19.9. The second-order valence-corrected chi connectivity index (χ2v) is 9.29. The number of hydrogen-bond acceptors (Lipinski definition) is 4. The van der Waals surface area contributed by atoms with E-state index in [-0.39, 0.29) is 42.2 Å². The summed E-state index contributed by atoms with van der Waals surface area (Å²) >= 11 is 0. The van der Waals surface area contributed by atoms with Crippen LogP contribution in [0.2, 0.25) is 0 Å². The number of hydrogen-bond donors (Lipinski definition) is 0. The maximum Gasteiger partial charge on any atom is 0.419 e. The van der Waals surface area contributed by atoms with Gasteiger partial charge in [-0.3, -0.25) is 9.59 Å². The van der Waals surface area contributed by atoms with Crippen molar-refractivity contribution in [2.45, 2.75) is 57.7 Å². The fourth-order valence-electron chi connectivity index (χ4n) is 5.05. The van der Waals surface area contributed by atoms with Crippen LogP contribution < -0.4 is 5.56 Å². The largest absolute Gasteiger partial charge is 0.419 e. The van der Waals surface area contributed by atoms with Gasteiger partial charge in [0.25, 0.3) is 11.5 Å². The van der Waals surface area contributed by atoms with E-state index < -0.39 is 41.6 Å². The first-order valence-corrected chi connectivity index (χ1v) is 11.7. The molecule has 7 nitrogen and oxygen atoms in total. The Balaban J connectivity index is 1.33. The van der Waals surface area contributed by atoms with Crippen LogP contribution in [-0.2, 0) is 17.5 Å². The molecule has 0 aliphatic carbocycles. The maximum absolute atomic E-state index is 14.5. The number of carbonyl (C=O) groups is 1. The van der Waals surface area contributed by atoms with E-state index in [4.69, 9.17) is 4.74 Å². The Morgan fingerprint density at radius 1 is 1.05 bits per heavy atom. The standard InChI is InChI=1S/C25H23F5N4O3/c1-13-11-32(12-31-13)17-5-6-18-24(36)33(9-10-34(18)23(17)35)14(2)19-7-8-20(37-19)15-3-4-16(25(28,29)30)22(27)21(15)26/h3-6,11-12,14,19-20H,7-10H2,1-2H3/t14-,19-,20+/m0/s1. The molecule has 4 heterocycles. The van der Waals surface area contributed by atoms with Crippen LogP contribution >= 0.6 is 0 Å². The topological polar surface area (TPSA) is 69.4 Å². The molecule has 5 rings (SSSR count). The van der Waals surface area contributed by atoms with Gasteiger partial charge < -0.3 is 18.8 Å². The molecule has 2 aromatic heterocycles. The van der Waals surface area contributed by atoms with Crippen LogP contribution in [0, 0.1) is 18.6 Å². The van der Waals surface area contributed by atoms with Crippen molar-refractivity contribution in [3.05, 3.63) is 81.3 Å². The molecular formula is C25H23F5N4O3. The molecule has 12 heteroatoms. The van der Waals surface area contributed by atoms with Crippen molar-refractivity contribution in [1.82, 2.24) is 19.0 Å². The summed E-state index contributed by atoms with van der Waals surface area (Å²) in [4.78, 5) is 32.0. The third-order valence-corrected chi connectivity index (χ3v) is 7.04. The number of nitrogens with zero attached hydrogens (tertiary/aromatic N) is 4. The number of amides is 1. The fraction of sp³-hybridized carbons (Fsp3) is 0.400. The summed E-state index contributed by atoms with van der Waals surface area (Å²) < 4.78 is 76.1. The fourth-order valence-corrected chi connectivity index (χ4v) is 5.05. The highest BCUT2D eigenvalue weighted by Gasteiger charge is 2.40.